The molecule has 0 fully saturated rings. The fourth-order valence-electron chi connectivity index (χ4n) is 2.25. The lowest BCUT2D eigenvalue weighted by atomic mass is 10.3. The smallest absolute Gasteiger partial charge is 0.352 e. The molecule has 0 saturated heterocycles. The summed E-state index contributed by atoms with van der Waals surface area (Å²) >= 11 is 0. The van der Waals surface area contributed by atoms with Crippen LogP contribution in [0.2, 0.25) is 0 Å². The van der Waals surface area contributed by atoms with Crippen LogP contribution in [0.3, 0.4) is 0 Å². The van der Waals surface area contributed by atoms with Gasteiger partial charge in [0.1, 0.15) is 12.4 Å². The number of carbonyl (C=O) groups excluding carboxylic acids is 1. The van der Waals surface area contributed by atoms with Gasteiger partial charge in [0.05, 0.1) is 0 Å². The standard InChI is InChI=1S/C16H18N6O2/c1-11(2)17-14(23)10-22-16(24)21-9-8-13(19-15(21)20-22)18-12-6-4-3-5-7-12/h3-9,11H,10H2,1-2H3,(H,17,23)(H,18,19,20). The van der Waals surface area contributed by atoms with Gasteiger partial charge in [0, 0.05) is 17.9 Å². The summed E-state index contributed by atoms with van der Waals surface area (Å²) in [4.78, 5) is 28.4. The minimum Gasteiger partial charge on any atom is -0.352 e. The first-order valence-electron chi connectivity index (χ1n) is 7.60. The van der Waals surface area contributed by atoms with E-state index in [0.29, 0.717) is 5.82 Å². The first-order valence-corrected chi connectivity index (χ1v) is 7.60. The number of benzene rings is 1. The summed E-state index contributed by atoms with van der Waals surface area (Å²) in [6.45, 7) is 3.57. The topological polar surface area (TPSA) is 93.3 Å². The monoisotopic (exact) mass is 326 g/mol. The molecule has 2 N–H and O–H groups in total. The fraction of sp³-hybridized carbons (Fsp3) is 0.250. The summed E-state index contributed by atoms with van der Waals surface area (Å²) < 4.78 is 2.41. The van der Waals surface area contributed by atoms with Gasteiger partial charge in [-0.05, 0) is 32.0 Å². The lowest BCUT2D eigenvalue weighted by Crippen LogP contribution is -2.36. The predicted molar refractivity (Wildman–Crippen MR) is 90.3 cm³/mol. The molecule has 0 radical (unpaired) electrons. The van der Waals surface area contributed by atoms with Crippen LogP contribution in [0.5, 0.6) is 0 Å². The van der Waals surface area contributed by atoms with Crippen LogP contribution in [0.4, 0.5) is 11.5 Å². The molecule has 2 heterocycles. The van der Waals surface area contributed by atoms with Crippen molar-refractivity contribution in [3.63, 3.8) is 0 Å². The number of anilines is 2. The quantitative estimate of drug-likeness (QED) is 0.734. The Morgan fingerprint density at radius 2 is 1.96 bits per heavy atom. The van der Waals surface area contributed by atoms with Gasteiger partial charge in [0.2, 0.25) is 5.91 Å². The second kappa shape index (κ2) is 6.53. The summed E-state index contributed by atoms with van der Waals surface area (Å²) in [5, 5.41) is 9.98. The molecule has 8 nitrogen and oxygen atoms in total. The molecule has 8 heteroatoms. The molecule has 0 saturated carbocycles. The highest BCUT2D eigenvalue weighted by Crippen LogP contribution is 2.13. The van der Waals surface area contributed by atoms with Gasteiger partial charge in [0.25, 0.3) is 5.78 Å². The molecule has 0 unspecified atom stereocenters. The van der Waals surface area contributed by atoms with Crippen molar-refractivity contribution in [1.29, 1.82) is 0 Å². The van der Waals surface area contributed by atoms with Crippen molar-refractivity contribution >= 4 is 23.2 Å². The average Bonchev–Trinajstić information content (AvgIpc) is 2.83. The first kappa shape index (κ1) is 15.7. The Kier molecular flexibility index (Phi) is 4.28. The largest absolute Gasteiger partial charge is 0.352 e. The van der Waals surface area contributed by atoms with Gasteiger partial charge in [-0.15, -0.1) is 5.10 Å². The number of nitrogens with one attached hydrogen (secondary N) is 2. The minimum atomic E-state index is -0.400. The molecule has 0 aliphatic rings. The predicted octanol–water partition coefficient (Wildman–Crippen LogP) is 1.16. The van der Waals surface area contributed by atoms with Crippen LogP contribution in [-0.4, -0.2) is 31.1 Å². The van der Waals surface area contributed by atoms with E-state index in [9.17, 15) is 9.59 Å². The highest BCUT2D eigenvalue weighted by molar-refractivity contribution is 5.75. The Labute approximate surface area is 138 Å². The fourth-order valence-corrected chi connectivity index (χ4v) is 2.25. The number of nitrogens with zero attached hydrogens (tertiary/aromatic N) is 4. The summed E-state index contributed by atoms with van der Waals surface area (Å²) in [6, 6.07) is 11.2. The van der Waals surface area contributed by atoms with E-state index >= 15 is 0 Å². The third-order valence-corrected chi connectivity index (χ3v) is 3.24. The maximum atomic E-state index is 12.2. The minimum absolute atomic E-state index is 0.00466. The lowest BCUT2D eigenvalue weighted by Gasteiger charge is -2.06. The maximum absolute atomic E-state index is 12.2. The van der Waals surface area contributed by atoms with Crippen LogP contribution in [0.1, 0.15) is 13.8 Å². The molecule has 0 spiro atoms. The van der Waals surface area contributed by atoms with Crippen molar-refractivity contribution < 1.29 is 4.79 Å². The number of para-hydroxylation sites is 1. The molecule has 2 aromatic heterocycles. The normalized spacial score (nSPS) is 11.0. The van der Waals surface area contributed by atoms with Crippen molar-refractivity contribution in [1.82, 2.24) is 24.5 Å². The zero-order chi connectivity index (χ0) is 17.1. The Morgan fingerprint density at radius 3 is 2.67 bits per heavy atom. The van der Waals surface area contributed by atoms with Crippen molar-refractivity contribution in [3.8, 4) is 0 Å². The molecule has 3 rings (SSSR count). The van der Waals surface area contributed by atoms with Gasteiger partial charge < -0.3 is 10.6 Å². The number of amides is 1. The summed E-state index contributed by atoms with van der Waals surface area (Å²) in [5.74, 6) is 0.536. The second-order valence-corrected chi connectivity index (χ2v) is 5.64. The number of carbonyl (C=O) groups is 1. The number of rotatable bonds is 5. The molecule has 0 aliphatic carbocycles. The van der Waals surface area contributed by atoms with Gasteiger partial charge in [-0.2, -0.15) is 4.98 Å². The zero-order valence-electron chi connectivity index (χ0n) is 13.4. The van der Waals surface area contributed by atoms with E-state index < -0.39 is 5.69 Å². The van der Waals surface area contributed by atoms with Crippen molar-refractivity contribution in [2.75, 3.05) is 5.32 Å². The van der Waals surface area contributed by atoms with Crippen LogP contribution in [0, 0.1) is 0 Å². The van der Waals surface area contributed by atoms with Crippen LogP contribution in [0.15, 0.2) is 47.4 Å². The van der Waals surface area contributed by atoms with E-state index in [1.165, 1.54) is 4.40 Å². The van der Waals surface area contributed by atoms with Gasteiger partial charge >= 0.3 is 5.69 Å². The SMILES string of the molecule is CC(C)NC(=O)Cn1nc2nc(Nc3ccccc3)ccn2c1=O. The summed E-state index contributed by atoms with van der Waals surface area (Å²) in [5.41, 5.74) is 0.482. The van der Waals surface area contributed by atoms with Gasteiger partial charge in [-0.3, -0.25) is 4.79 Å². The van der Waals surface area contributed by atoms with Gasteiger partial charge in [0.15, 0.2) is 0 Å². The third-order valence-electron chi connectivity index (χ3n) is 3.24. The third kappa shape index (κ3) is 3.43. The van der Waals surface area contributed by atoms with E-state index in [0.717, 1.165) is 10.4 Å². The van der Waals surface area contributed by atoms with Crippen LogP contribution >= 0.6 is 0 Å². The van der Waals surface area contributed by atoms with Crippen LogP contribution in [-0.2, 0) is 11.3 Å². The number of hydrogen-bond donors (Lipinski definition) is 2. The van der Waals surface area contributed by atoms with E-state index in [-0.39, 0.29) is 24.3 Å². The van der Waals surface area contributed by atoms with Crippen LogP contribution < -0.4 is 16.3 Å². The van der Waals surface area contributed by atoms with Gasteiger partial charge in [-0.25, -0.2) is 13.9 Å². The molecule has 124 valence electrons. The van der Waals surface area contributed by atoms with E-state index in [1.807, 2.05) is 44.2 Å². The molecule has 0 bridgehead atoms. The molecular weight excluding hydrogens is 308 g/mol. The van der Waals surface area contributed by atoms with Crippen molar-refractivity contribution in [3.05, 3.63) is 53.1 Å². The Bertz CT molecular complexity index is 913. The Hall–Kier alpha value is -3.16. The summed E-state index contributed by atoms with van der Waals surface area (Å²) in [6.07, 6.45) is 1.58. The molecule has 1 amide bonds. The van der Waals surface area contributed by atoms with Crippen LogP contribution in [0.25, 0.3) is 5.78 Å². The lowest BCUT2D eigenvalue weighted by molar-refractivity contribution is -0.122. The highest BCUT2D eigenvalue weighted by Gasteiger charge is 2.12. The highest BCUT2D eigenvalue weighted by atomic mass is 16.2. The van der Waals surface area contributed by atoms with Gasteiger partial charge in [-0.1, -0.05) is 18.2 Å². The van der Waals surface area contributed by atoms with E-state index in [2.05, 4.69) is 20.7 Å². The Morgan fingerprint density at radius 1 is 1.21 bits per heavy atom. The zero-order valence-corrected chi connectivity index (χ0v) is 13.4. The molecule has 3 aromatic rings. The average molecular weight is 326 g/mol. The Balaban J connectivity index is 1.85. The molecular formula is C16H18N6O2. The molecule has 1 aromatic carbocycles. The van der Waals surface area contributed by atoms with Crippen molar-refractivity contribution in [2.45, 2.75) is 26.4 Å². The molecule has 0 atom stereocenters. The summed E-state index contributed by atoms with van der Waals surface area (Å²) in [7, 11) is 0. The first-order chi connectivity index (χ1) is 11.5. The molecule has 24 heavy (non-hydrogen) atoms. The number of hydrogen-bond acceptors (Lipinski definition) is 5. The number of fused-ring (bicyclic) bond motifs is 1. The van der Waals surface area contributed by atoms with Crippen molar-refractivity contribution in [2.24, 2.45) is 0 Å². The number of aromatic nitrogens is 4. The van der Waals surface area contributed by atoms with E-state index in [4.69, 9.17) is 0 Å². The molecule has 0 aliphatic heterocycles. The second-order valence-electron chi connectivity index (χ2n) is 5.64. The maximum Gasteiger partial charge on any atom is 0.352 e. The van der Waals surface area contributed by atoms with E-state index in [1.54, 1.807) is 12.3 Å².